The Morgan fingerprint density at radius 3 is 2.73 bits per heavy atom. The van der Waals surface area contributed by atoms with E-state index in [-0.39, 0.29) is 0 Å². The zero-order chi connectivity index (χ0) is 11.1. The van der Waals surface area contributed by atoms with E-state index in [0.29, 0.717) is 4.75 Å². The second-order valence-electron chi connectivity index (χ2n) is 5.05. The van der Waals surface area contributed by atoms with Crippen LogP contribution in [-0.2, 0) is 0 Å². The van der Waals surface area contributed by atoms with Crippen molar-refractivity contribution in [3.63, 3.8) is 0 Å². The predicted octanol–water partition coefficient (Wildman–Crippen LogP) is 2.33. The fourth-order valence-corrected chi connectivity index (χ4v) is 3.08. The van der Waals surface area contributed by atoms with Gasteiger partial charge in [-0.05, 0) is 38.9 Å². The largest absolute Gasteiger partial charge is 0.330 e. The Hall–Kier alpha value is 0.270. The highest BCUT2D eigenvalue weighted by Crippen LogP contribution is 2.30. The van der Waals surface area contributed by atoms with Crippen molar-refractivity contribution in [2.45, 2.75) is 44.3 Å². The molecular weight excluding hydrogens is 204 g/mol. The van der Waals surface area contributed by atoms with Gasteiger partial charge in [0.15, 0.2) is 0 Å². The van der Waals surface area contributed by atoms with E-state index in [9.17, 15) is 0 Å². The van der Waals surface area contributed by atoms with Crippen molar-refractivity contribution < 1.29 is 0 Å². The van der Waals surface area contributed by atoms with Crippen LogP contribution in [0.3, 0.4) is 0 Å². The molecule has 0 bridgehead atoms. The summed E-state index contributed by atoms with van der Waals surface area (Å²) in [4.78, 5) is 2.62. The van der Waals surface area contributed by atoms with Crippen LogP contribution in [0, 0.1) is 0 Å². The Kier molecular flexibility index (Phi) is 6.02. The first-order chi connectivity index (χ1) is 7.14. The molecule has 1 saturated heterocycles. The fraction of sp³-hybridized carbons (Fsp3) is 1.00. The van der Waals surface area contributed by atoms with Gasteiger partial charge in [0.2, 0.25) is 0 Å². The van der Waals surface area contributed by atoms with Crippen molar-refractivity contribution in [2.75, 3.05) is 31.9 Å². The standard InChI is InChI=1S/C12H26N2S/c1-12(2)6-9-14(10-11-15-12)8-5-3-4-7-13/h3-11,13H2,1-2H3. The topological polar surface area (TPSA) is 29.3 Å². The maximum Gasteiger partial charge on any atom is 0.0116 e. The molecule has 0 aromatic heterocycles. The zero-order valence-electron chi connectivity index (χ0n) is 10.3. The molecule has 0 unspecified atom stereocenters. The van der Waals surface area contributed by atoms with Crippen molar-refractivity contribution in [3.05, 3.63) is 0 Å². The molecule has 0 aromatic carbocycles. The monoisotopic (exact) mass is 230 g/mol. The molecule has 1 aliphatic heterocycles. The van der Waals surface area contributed by atoms with Gasteiger partial charge in [0.1, 0.15) is 0 Å². The van der Waals surface area contributed by atoms with Crippen LogP contribution in [0.5, 0.6) is 0 Å². The van der Waals surface area contributed by atoms with Crippen molar-refractivity contribution >= 4 is 11.8 Å². The third-order valence-corrected chi connectivity index (χ3v) is 4.48. The second-order valence-corrected chi connectivity index (χ2v) is 6.85. The molecule has 2 nitrogen and oxygen atoms in total. The predicted molar refractivity (Wildman–Crippen MR) is 70.5 cm³/mol. The van der Waals surface area contributed by atoms with Gasteiger partial charge < -0.3 is 10.6 Å². The summed E-state index contributed by atoms with van der Waals surface area (Å²) in [6.45, 7) is 9.42. The third-order valence-electron chi connectivity index (χ3n) is 3.11. The van der Waals surface area contributed by atoms with Crippen molar-refractivity contribution in [3.8, 4) is 0 Å². The van der Waals surface area contributed by atoms with Crippen LogP contribution < -0.4 is 5.73 Å². The van der Waals surface area contributed by atoms with Crippen LogP contribution in [0.1, 0.15) is 39.5 Å². The Balaban J connectivity index is 2.14. The van der Waals surface area contributed by atoms with E-state index >= 15 is 0 Å². The molecule has 0 atom stereocenters. The molecule has 1 rings (SSSR count). The minimum atomic E-state index is 0.492. The van der Waals surface area contributed by atoms with E-state index in [2.05, 4.69) is 30.5 Å². The van der Waals surface area contributed by atoms with Gasteiger partial charge in [0, 0.05) is 17.0 Å². The highest BCUT2D eigenvalue weighted by molar-refractivity contribution is 8.00. The lowest BCUT2D eigenvalue weighted by molar-refractivity contribution is 0.278. The average Bonchev–Trinajstić information content (AvgIpc) is 2.35. The first kappa shape index (κ1) is 13.3. The first-order valence-electron chi connectivity index (χ1n) is 6.20. The number of thioether (sulfide) groups is 1. The average molecular weight is 230 g/mol. The van der Waals surface area contributed by atoms with Gasteiger partial charge in [-0.3, -0.25) is 0 Å². The highest BCUT2D eigenvalue weighted by Gasteiger charge is 2.22. The molecule has 3 heteroatoms. The van der Waals surface area contributed by atoms with Crippen molar-refractivity contribution in [1.29, 1.82) is 0 Å². The number of hydrogen-bond acceptors (Lipinski definition) is 3. The molecule has 0 spiro atoms. The van der Waals surface area contributed by atoms with Gasteiger partial charge in [0.05, 0.1) is 0 Å². The first-order valence-corrected chi connectivity index (χ1v) is 7.19. The Bertz CT molecular complexity index is 171. The van der Waals surface area contributed by atoms with Crippen LogP contribution in [0.25, 0.3) is 0 Å². The molecule has 2 N–H and O–H groups in total. The Morgan fingerprint density at radius 1 is 1.20 bits per heavy atom. The number of nitrogens with two attached hydrogens (primary N) is 1. The molecule has 0 aliphatic carbocycles. The van der Waals surface area contributed by atoms with Crippen LogP contribution >= 0.6 is 11.8 Å². The lowest BCUT2D eigenvalue weighted by atomic mass is 10.1. The van der Waals surface area contributed by atoms with Gasteiger partial charge in [-0.1, -0.05) is 20.3 Å². The van der Waals surface area contributed by atoms with Crippen molar-refractivity contribution in [1.82, 2.24) is 4.90 Å². The molecule has 90 valence electrons. The maximum atomic E-state index is 5.49. The molecule has 1 fully saturated rings. The fourth-order valence-electron chi connectivity index (χ4n) is 1.94. The molecule has 0 radical (unpaired) electrons. The molecule has 1 heterocycles. The number of unbranched alkanes of at least 4 members (excludes halogenated alkanes) is 2. The summed E-state index contributed by atoms with van der Waals surface area (Å²) < 4.78 is 0.492. The Morgan fingerprint density at radius 2 is 2.00 bits per heavy atom. The van der Waals surface area contributed by atoms with E-state index in [1.54, 1.807) is 0 Å². The molecule has 0 saturated carbocycles. The third kappa shape index (κ3) is 5.79. The lowest BCUT2D eigenvalue weighted by Crippen LogP contribution is -2.28. The molecular formula is C12H26N2S. The van der Waals surface area contributed by atoms with Gasteiger partial charge >= 0.3 is 0 Å². The van der Waals surface area contributed by atoms with Gasteiger partial charge in [0.25, 0.3) is 0 Å². The smallest absolute Gasteiger partial charge is 0.0116 e. The van der Waals surface area contributed by atoms with E-state index < -0.39 is 0 Å². The Labute approximate surface area is 99.0 Å². The normalized spacial score (nSPS) is 22.6. The van der Waals surface area contributed by atoms with E-state index in [1.807, 2.05) is 0 Å². The zero-order valence-corrected chi connectivity index (χ0v) is 11.1. The molecule has 15 heavy (non-hydrogen) atoms. The molecule has 0 amide bonds. The SMILES string of the molecule is CC1(C)CCN(CCCCCN)CCS1. The molecule has 0 aromatic rings. The minimum absolute atomic E-state index is 0.492. The van der Waals surface area contributed by atoms with E-state index in [0.717, 1.165) is 6.54 Å². The summed E-state index contributed by atoms with van der Waals surface area (Å²) >= 11 is 2.13. The number of rotatable bonds is 5. The lowest BCUT2D eigenvalue weighted by Gasteiger charge is -2.22. The summed E-state index contributed by atoms with van der Waals surface area (Å²) in [7, 11) is 0. The van der Waals surface area contributed by atoms with E-state index in [4.69, 9.17) is 5.73 Å². The van der Waals surface area contributed by atoms with Crippen LogP contribution in [0.4, 0.5) is 0 Å². The van der Waals surface area contributed by atoms with Gasteiger partial charge in [-0.2, -0.15) is 11.8 Å². The number of nitrogens with zero attached hydrogens (tertiary/aromatic N) is 1. The number of hydrogen-bond donors (Lipinski definition) is 1. The second kappa shape index (κ2) is 6.77. The van der Waals surface area contributed by atoms with Gasteiger partial charge in [-0.15, -0.1) is 0 Å². The highest BCUT2D eigenvalue weighted by atomic mass is 32.2. The summed E-state index contributed by atoms with van der Waals surface area (Å²) in [5, 5.41) is 0. The van der Waals surface area contributed by atoms with E-state index in [1.165, 1.54) is 51.1 Å². The van der Waals surface area contributed by atoms with Crippen LogP contribution in [0.15, 0.2) is 0 Å². The van der Waals surface area contributed by atoms with Crippen LogP contribution in [0.2, 0.25) is 0 Å². The summed E-state index contributed by atoms with van der Waals surface area (Å²) in [6.07, 6.45) is 5.13. The summed E-state index contributed by atoms with van der Waals surface area (Å²) in [5.74, 6) is 1.30. The quantitative estimate of drug-likeness (QED) is 0.735. The molecule has 1 aliphatic rings. The summed E-state index contributed by atoms with van der Waals surface area (Å²) in [6, 6.07) is 0. The minimum Gasteiger partial charge on any atom is -0.330 e. The van der Waals surface area contributed by atoms with Gasteiger partial charge in [-0.25, -0.2) is 0 Å². The maximum absolute atomic E-state index is 5.49. The van der Waals surface area contributed by atoms with Crippen LogP contribution in [-0.4, -0.2) is 41.6 Å². The van der Waals surface area contributed by atoms with Crippen molar-refractivity contribution in [2.24, 2.45) is 5.73 Å². The summed E-state index contributed by atoms with van der Waals surface area (Å²) in [5.41, 5.74) is 5.49.